The van der Waals surface area contributed by atoms with Crippen molar-refractivity contribution in [3.8, 4) is 0 Å². The van der Waals surface area contributed by atoms with Gasteiger partial charge in [0.2, 0.25) is 5.82 Å². The van der Waals surface area contributed by atoms with Gasteiger partial charge in [0.25, 0.3) is 5.91 Å². The molecule has 1 amide bonds. The summed E-state index contributed by atoms with van der Waals surface area (Å²) < 4.78 is 75.4. The van der Waals surface area contributed by atoms with E-state index in [4.69, 9.17) is 15.6 Å². The number of amides is 1. The molecule has 43 heavy (non-hydrogen) atoms. The molecule has 0 bridgehead atoms. The van der Waals surface area contributed by atoms with Gasteiger partial charge in [-0.15, -0.1) is 0 Å². The van der Waals surface area contributed by atoms with Crippen LogP contribution in [0.4, 0.5) is 22.0 Å². The fourth-order valence-corrected chi connectivity index (χ4v) is 9.25. The number of nitrogens with one attached hydrogen (secondary N) is 1. The number of carbonyl (C=O) groups excluding carboxylic acids is 2. The van der Waals surface area contributed by atoms with Gasteiger partial charge < -0.3 is 20.9 Å². The summed E-state index contributed by atoms with van der Waals surface area (Å²) >= 11 is 0. The van der Waals surface area contributed by atoms with Crippen molar-refractivity contribution in [3.05, 3.63) is 34.6 Å². The van der Waals surface area contributed by atoms with Gasteiger partial charge in [0, 0.05) is 12.5 Å². The zero-order valence-corrected chi connectivity index (χ0v) is 24.4. The number of carboxylic acid groups (broad SMARTS) is 1. The van der Waals surface area contributed by atoms with Gasteiger partial charge in [-0.3, -0.25) is 14.4 Å². The fourth-order valence-electron chi connectivity index (χ4n) is 9.25. The average molecular weight is 615 g/mol. The molecule has 1 aromatic rings. The highest BCUT2D eigenvalue weighted by atomic mass is 19.2. The minimum absolute atomic E-state index is 0.0228. The van der Waals surface area contributed by atoms with E-state index in [2.05, 4.69) is 19.2 Å². The fraction of sp³-hybridized carbons (Fsp3) is 0.710. The Kier molecular flexibility index (Phi) is 8.56. The highest BCUT2D eigenvalue weighted by molar-refractivity contribution is 5.95. The van der Waals surface area contributed by atoms with Crippen molar-refractivity contribution in [2.75, 3.05) is 0 Å². The van der Waals surface area contributed by atoms with E-state index in [0.717, 1.165) is 44.9 Å². The van der Waals surface area contributed by atoms with Gasteiger partial charge in [-0.05, 0) is 98.7 Å². The summed E-state index contributed by atoms with van der Waals surface area (Å²) in [6.07, 6.45) is 6.68. The maximum atomic E-state index is 14.3. The smallest absolute Gasteiger partial charge is 0.323 e. The lowest BCUT2D eigenvalue weighted by atomic mass is 9.45. The van der Waals surface area contributed by atoms with Crippen molar-refractivity contribution in [1.29, 1.82) is 0 Å². The summed E-state index contributed by atoms with van der Waals surface area (Å²) in [5, 5.41) is 11.5. The zero-order chi connectivity index (χ0) is 31.4. The van der Waals surface area contributed by atoms with Gasteiger partial charge in [-0.1, -0.05) is 13.8 Å². The number of nitrogens with two attached hydrogens (primary N) is 1. The molecule has 5 rings (SSSR count). The lowest BCUT2D eigenvalue weighted by Gasteiger charge is -2.61. The largest absolute Gasteiger partial charge is 0.481 e. The van der Waals surface area contributed by atoms with Gasteiger partial charge >= 0.3 is 11.9 Å². The molecule has 1 aromatic carbocycles. The first-order chi connectivity index (χ1) is 20.2. The summed E-state index contributed by atoms with van der Waals surface area (Å²) in [4.78, 5) is 36.2. The number of esters is 1. The van der Waals surface area contributed by atoms with Crippen LogP contribution >= 0.6 is 0 Å². The predicted molar refractivity (Wildman–Crippen MR) is 144 cm³/mol. The number of carboxylic acids is 1. The molecule has 0 spiro atoms. The first kappa shape index (κ1) is 31.7. The first-order valence-electron chi connectivity index (χ1n) is 15.2. The molecular weight excluding hydrogens is 575 g/mol. The normalized spacial score (nSPS) is 35.7. The minimum Gasteiger partial charge on any atom is -0.481 e. The number of rotatable bonds is 7. The van der Waals surface area contributed by atoms with Crippen molar-refractivity contribution in [2.24, 2.45) is 40.2 Å². The standard InChI is InChI=1S/C31H39F5N2O5/c1-30-11-9-15(43-29(42)19(37)6-8-21(39)40)13-14(30)3-4-16-17-5-7-20(31(17,2)12-10-18(16)30)38-28(41)22-23(32)25(34)27(36)26(35)24(22)33/h14-20H,3-13,37H2,1-2H3,(H,38,41)(H,39,40)/t14-,15-,16+,17+,18+,19+,20+,30+,31+/m1/s1. The zero-order valence-electron chi connectivity index (χ0n) is 24.4. The topological polar surface area (TPSA) is 119 Å². The van der Waals surface area contributed by atoms with Crippen LogP contribution in [0.25, 0.3) is 0 Å². The van der Waals surface area contributed by atoms with Crippen LogP contribution in [-0.4, -0.2) is 41.1 Å². The summed E-state index contributed by atoms with van der Waals surface area (Å²) in [5.41, 5.74) is 4.03. The molecule has 4 fully saturated rings. The number of carbonyl (C=O) groups is 3. The van der Waals surface area contributed by atoms with E-state index in [9.17, 15) is 36.3 Å². The maximum Gasteiger partial charge on any atom is 0.323 e. The van der Waals surface area contributed by atoms with Crippen LogP contribution in [0.2, 0.25) is 0 Å². The summed E-state index contributed by atoms with van der Waals surface area (Å²) in [7, 11) is 0. The molecule has 4 N–H and O–H groups in total. The van der Waals surface area contributed by atoms with Crippen LogP contribution in [0.5, 0.6) is 0 Å². The Labute approximate surface area is 247 Å². The van der Waals surface area contributed by atoms with E-state index in [1.807, 2.05) is 0 Å². The van der Waals surface area contributed by atoms with Crippen molar-refractivity contribution >= 4 is 17.8 Å². The molecule has 4 aliphatic rings. The minimum atomic E-state index is -2.30. The summed E-state index contributed by atoms with van der Waals surface area (Å²) in [6, 6.07) is -1.44. The van der Waals surface area contributed by atoms with Crippen LogP contribution in [0.3, 0.4) is 0 Å². The number of ether oxygens (including phenoxy) is 1. The first-order valence-corrected chi connectivity index (χ1v) is 15.2. The summed E-state index contributed by atoms with van der Waals surface area (Å²) in [6.45, 7) is 4.37. The molecule has 0 aliphatic heterocycles. The van der Waals surface area contributed by atoms with Crippen LogP contribution < -0.4 is 11.1 Å². The molecule has 9 atom stereocenters. The van der Waals surface area contributed by atoms with Crippen LogP contribution in [0.15, 0.2) is 0 Å². The highest BCUT2D eigenvalue weighted by Gasteiger charge is 2.60. The molecular formula is C31H39F5N2O5. The van der Waals surface area contributed by atoms with Gasteiger partial charge in [-0.25, -0.2) is 22.0 Å². The Bertz CT molecular complexity index is 1280. The third-order valence-electron chi connectivity index (χ3n) is 11.6. The van der Waals surface area contributed by atoms with Gasteiger partial charge in [0.05, 0.1) is 0 Å². The molecule has 238 valence electrons. The molecule has 0 saturated heterocycles. The SMILES string of the molecule is C[C@]12CC[C@@H](OC(=O)[C@@H](N)CCC(=O)O)C[C@H]1CC[C@@H]1[C@@H]2CC[C@]2(C)[C@@H](NC(=O)c3c(F)c(F)c(F)c(F)c3F)CC[C@@H]12. The van der Waals surface area contributed by atoms with E-state index in [1.165, 1.54) is 0 Å². The van der Waals surface area contributed by atoms with E-state index < -0.39 is 64.6 Å². The van der Waals surface area contributed by atoms with Gasteiger partial charge in [-0.2, -0.15) is 0 Å². The van der Waals surface area contributed by atoms with Crippen molar-refractivity contribution in [2.45, 2.75) is 103 Å². The lowest BCUT2D eigenvalue weighted by Crippen LogP contribution is -2.56. The quantitative estimate of drug-likeness (QED) is 0.159. The Hall–Kier alpha value is -2.76. The second kappa shape index (κ2) is 11.6. The second-order valence-electron chi connectivity index (χ2n) is 13.6. The molecule has 0 radical (unpaired) electrons. The van der Waals surface area contributed by atoms with E-state index in [0.29, 0.717) is 30.6 Å². The molecule has 0 heterocycles. The third kappa shape index (κ3) is 5.42. The number of halogens is 5. The maximum absolute atomic E-state index is 14.3. The molecule has 4 aliphatic carbocycles. The van der Waals surface area contributed by atoms with Gasteiger partial charge in [0.15, 0.2) is 23.3 Å². The Morgan fingerprint density at radius 3 is 2.14 bits per heavy atom. The second-order valence-corrected chi connectivity index (χ2v) is 13.6. The molecule has 0 unspecified atom stereocenters. The number of benzene rings is 1. The molecule has 7 nitrogen and oxygen atoms in total. The Balaban J connectivity index is 1.25. The third-order valence-corrected chi connectivity index (χ3v) is 11.6. The van der Waals surface area contributed by atoms with E-state index in [-0.39, 0.29) is 35.7 Å². The van der Waals surface area contributed by atoms with Crippen LogP contribution in [0, 0.1) is 63.6 Å². The van der Waals surface area contributed by atoms with E-state index >= 15 is 0 Å². The van der Waals surface area contributed by atoms with Crippen molar-refractivity contribution < 1.29 is 46.2 Å². The number of hydrogen-bond donors (Lipinski definition) is 3. The van der Waals surface area contributed by atoms with Crippen LogP contribution in [-0.2, 0) is 14.3 Å². The summed E-state index contributed by atoms with van der Waals surface area (Å²) in [5.74, 6) is -12.4. The van der Waals surface area contributed by atoms with Gasteiger partial charge in [0.1, 0.15) is 17.7 Å². The van der Waals surface area contributed by atoms with Crippen molar-refractivity contribution in [1.82, 2.24) is 5.32 Å². The molecule has 12 heteroatoms. The number of hydrogen-bond acceptors (Lipinski definition) is 5. The number of aliphatic carboxylic acids is 1. The molecule has 0 aromatic heterocycles. The highest BCUT2D eigenvalue weighted by Crippen LogP contribution is 2.66. The Morgan fingerprint density at radius 2 is 1.49 bits per heavy atom. The van der Waals surface area contributed by atoms with Crippen molar-refractivity contribution in [3.63, 3.8) is 0 Å². The monoisotopic (exact) mass is 614 g/mol. The lowest BCUT2D eigenvalue weighted by molar-refractivity contribution is -0.163. The molecule has 4 saturated carbocycles. The Morgan fingerprint density at radius 1 is 0.884 bits per heavy atom. The van der Waals surface area contributed by atoms with E-state index in [1.54, 1.807) is 0 Å². The number of fused-ring (bicyclic) bond motifs is 5. The van der Waals surface area contributed by atoms with Crippen LogP contribution in [0.1, 0.15) is 94.8 Å². The predicted octanol–water partition coefficient (Wildman–Crippen LogP) is 5.63. The average Bonchev–Trinajstić information content (AvgIpc) is 3.29.